The molecule has 20 heavy (non-hydrogen) atoms. The van der Waals surface area contributed by atoms with Gasteiger partial charge in [0.25, 0.3) is 0 Å². The van der Waals surface area contributed by atoms with Gasteiger partial charge in [-0.25, -0.2) is 0 Å². The number of likely N-dealkylation sites (N-methyl/N-ethyl adjacent to an activating group) is 1. The van der Waals surface area contributed by atoms with Gasteiger partial charge in [-0.15, -0.1) is 0 Å². The average molecular weight is 273 g/mol. The minimum absolute atomic E-state index is 0.0179. The lowest BCUT2D eigenvalue weighted by Gasteiger charge is -2.38. The molecule has 1 saturated heterocycles. The molecule has 2 N–H and O–H groups in total. The summed E-state index contributed by atoms with van der Waals surface area (Å²) >= 11 is 0. The lowest BCUT2D eigenvalue weighted by molar-refractivity contribution is 0.155. The molecule has 0 atom stereocenters. The molecular formula is C17H27N3. The Bertz CT molecular complexity index is 428. The van der Waals surface area contributed by atoms with Gasteiger partial charge in [0.1, 0.15) is 0 Å². The summed E-state index contributed by atoms with van der Waals surface area (Å²) in [5.74, 6) is 0. The Kier molecular flexibility index (Phi) is 4.11. The van der Waals surface area contributed by atoms with Gasteiger partial charge in [-0.2, -0.15) is 0 Å². The van der Waals surface area contributed by atoms with Crippen molar-refractivity contribution in [2.75, 3.05) is 39.8 Å². The molecule has 0 aromatic heterocycles. The zero-order chi connectivity index (χ0) is 14.0. The van der Waals surface area contributed by atoms with Crippen molar-refractivity contribution in [1.82, 2.24) is 9.80 Å². The number of hydrogen-bond donors (Lipinski definition) is 1. The SMILES string of the molecule is CN1CCN(CCc2ccc(C3(N)CCC3)cc2)CC1. The molecule has 1 heterocycles. The van der Waals surface area contributed by atoms with Gasteiger partial charge in [0, 0.05) is 38.3 Å². The van der Waals surface area contributed by atoms with Crippen LogP contribution in [0.15, 0.2) is 24.3 Å². The maximum atomic E-state index is 6.37. The molecule has 1 aromatic carbocycles. The zero-order valence-corrected chi connectivity index (χ0v) is 12.6. The summed E-state index contributed by atoms with van der Waals surface area (Å²) in [4.78, 5) is 4.98. The van der Waals surface area contributed by atoms with Crippen LogP contribution < -0.4 is 5.73 Å². The van der Waals surface area contributed by atoms with Crippen LogP contribution in [0.5, 0.6) is 0 Å². The van der Waals surface area contributed by atoms with E-state index in [-0.39, 0.29) is 5.54 Å². The molecule has 1 aliphatic heterocycles. The highest BCUT2D eigenvalue weighted by Gasteiger charge is 2.33. The van der Waals surface area contributed by atoms with Gasteiger partial charge < -0.3 is 15.5 Å². The van der Waals surface area contributed by atoms with Crippen LogP contribution in [0.2, 0.25) is 0 Å². The van der Waals surface area contributed by atoms with Crippen LogP contribution >= 0.6 is 0 Å². The van der Waals surface area contributed by atoms with E-state index in [4.69, 9.17) is 5.73 Å². The van der Waals surface area contributed by atoms with Crippen LogP contribution in [-0.2, 0) is 12.0 Å². The lowest BCUT2D eigenvalue weighted by Crippen LogP contribution is -2.45. The van der Waals surface area contributed by atoms with Crippen molar-refractivity contribution in [3.8, 4) is 0 Å². The van der Waals surface area contributed by atoms with Gasteiger partial charge >= 0.3 is 0 Å². The number of nitrogens with zero attached hydrogens (tertiary/aromatic N) is 2. The molecule has 0 spiro atoms. The van der Waals surface area contributed by atoms with Crippen molar-refractivity contribution in [3.63, 3.8) is 0 Å². The summed E-state index contributed by atoms with van der Waals surface area (Å²) in [5.41, 5.74) is 9.11. The highest BCUT2D eigenvalue weighted by molar-refractivity contribution is 5.30. The van der Waals surface area contributed by atoms with Crippen LogP contribution in [-0.4, -0.2) is 49.6 Å². The van der Waals surface area contributed by atoms with Crippen molar-refractivity contribution in [3.05, 3.63) is 35.4 Å². The molecule has 1 saturated carbocycles. The first kappa shape index (κ1) is 14.1. The second-order valence-corrected chi connectivity index (χ2v) is 6.60. The fraction of sp³-hybridized carbons (Fsp3) is 0.647. The van der Waals surface area contributed by atoms with E-state index in [9.17, 15) is 0 Å². The summed E-state index contributed by atoms with van der Waals surface area (Å²) in [6, 6.07) is 9.05. The lowest BCUT2D eigenvalue weighted by atomic mass is 9.72. The van der Waals surface area contributed by atoms with Gasteiger partial charge in [-0.3, -0.25) is 0 Å². The Morgan fingerprint density at radius 1 is 1.05 bits per heavy atom. The molecule has 110 valence electrons. The summed E-state index contributed by atoms with van der Waals surface area (Å²) < 4.78 is 0. The molecule has 0 unspecified atom stereocenters. The Morgan fingerprint density at radius 3 is 2.25 bits per heavy atom. The minimum atomic E-state index is -0.0179. The standard InChI is InChI=1S/C17H27N3/c1-19-11-13-20(14-12-19)10-7-15-3-5-16(6-4-15)17(18)8-2-9-17/h3-6H,2,7-14,18H2,1H3. The molecule has 2 fully saturated rings. The minimum Gasteiger partial charge on any atom is -0.321 e. The van der Waals surface area contributed by atoms with E-state index >= 15 is 0 Å². The molecule has 0 radical (unpaired) electrons. The van der Waals surface area contributed by atoms with Gasteiger partial charge in [0.2, 0.25) is 0 Å². The van der Waals surface area contributed by atoms with Crippen LogP contribution in [0.3, 0.4) is 0 Å². The van der Waals surface area contributed by atoms with E-state index in [0.717, 1.165) is 19.3 Å². The monoisotopic (exact) mass is 273 g/mol. The maximum absolute atomic E-state index is 6.37. The first-order valence-electron chi connectivity index (χ1n) is 7.95. The Morgan fingerprint density at radius 2 is 1.70 bits per heavy atom. The molecular weight excluding hydrogens is 246 g/mol. The third kappa shape index (κ3) is 3.05. The Hall–Kier alpha value is -0.900. The molecule has 2 aliphatic rings. The maximum Gasteiger partial charge on any atom is 0.0409 e. The number of rotatable bonds is 4. The van der Waals surface area contributed by atoms with Crippen molar-refractivity contribution < 1.29 is 0 Å². The van der Waals surface area contributed by atoms with E-state index in [1.165, 1.54) is 50.3 Å². The third-order valence-electron chi connectivity index (χ3n) is 5.09. The number of nitrogens with two attached hydrogens (primary N) is 1. The molecule has 0 amide bonds. The summed E-state index contributed by atoms with van der Waals surface area (Å²) in [6.07, 6.45) is 4.73. The summed E-state index contributed by atoms with van der Waals surface area (Å²) in [7, 11) is 2.21. The van der Waals surface area contributed by atoms with Gasteiger partial charge in [0.15, 0.2) is 0 Å². The fourth-order valence-corrected chi connectivity index (χ4v) is 3.21. The topological polar surface area (TPSA) is 32.5 Å². The fourth-order valence-electron chi connectivity index (χ4n) is 3.21. The zero-order valence-electron chi connectivity index (χ0n) is 12.6. The van der Waals surface area contributed by atoms with Crippen molar-refractivity contribution in [1.29, 1.82) is 0 Å². The summed E-state index contributed by atoms with van der Waals surface area (Å²) in [5, 5.41) is 0. The highest BCUT2D eigenvalue weighted by Crippen LogP contribution is 2.38. The molecule has 3 rings (SSSR count). The first-order chi connectivity index (χ1) is 9.66. The second-order valence-electron chi connectivity index (χ2n) is 6.60. The smallest absolute Gasteiger partial charge is 0.0409 e. The van der Waals surface area contributed by atoms with Gasteiger partial charge in [-0.1, -0.05) is 24.3 Å². The van der Waals surface area contributed by atoms with Gasteiger partial charge in [0.05, 0.1) is 0 Å². The van der Waals surface area contributed by atoms with Gasteiger partial charge in [-0.05, 0) is 43.9 Å². The molecule has 3 heteroatoms. The van der Waals surface area contributed by atoms with E-state index in [2.05, 4.69) is 41.1 Å². The molecule has 0 bridgehead atoms. The van der Waals surface area contributed by atoms with Crippen molar-refractivity contribution >= 4 is 0 Å². The van der Waals surface area contributed by atoms with Crippen molar-refractivity contribution in [2.24, 2.45) is 5.73 Å². The average Bonchev–Trinajstić information content (AvgIpc) is 2.45. The summed E-state index contributed by atoms with van der Waals surface area (Å²) in [6.45, 7) is 6.01. The van der Waals surface area contributed by atoms with Crippen molar-refractivity contribution in [2.45, 2.75) is 31.2 Å². The largest absolute Gasteiger partial charge is 0.321 e. The third-order valence-corrected chi connectivity index (χ3v) is 5.09. The first-order valence-corrected chi connectivity index (χ1v) is 7.95. The van der Waals surface area contributed by atoms with E-state index < -0.39 is 0 Å². The quantitative estimate of drug-likeness (QED) is 0.908. The van der Waals surface area contributed by atoms with Crippen LogP contribution in [0.4, 0.5) is 0 Å². The number of piperazine rings is 1. The normalized spacial score (nSPS) is 23.5. The molecule has 1 aromatic rings. The number of hydrogen-bond acceptors (Lipinski definition) is 3. The second kappa shape index (κ2) is 5.84. The van der Waals surface area contributed by atoms with Crippen LogP contribution in [0.25, 0.3) is 0 Å². The van der Waals surface area contributed by atoms with Crippen LogP contribution in [0.1, 0.15) is 30.4 Å². The van der Waals surface area contributed by atoms with Crippen LogP contribution in [0, 0.1) is 0 Å². The predicted octanol–water partition coefficient (Wildman–Crippen LogP) is 1.81. The van der Waals surface area contributed by atoms with E-state index in [1.54, 1.807) is 0 Å². The number of benzene rings is 1. The molecule has 1 aliphatic carbocycles. The highest BCUT2D eigenvalue weighted by atomic mass is 15.2. The Balaban J connectivity index is 1.51. The predicted molar refractivity (Wildman–Crippen MR) is 83.8 cm³/mol. The molecule has 3 nitrogen and oxygen atoms in total. The van der Waals surface area contributed by atoms with E-state index in [1.807, 2.05) is 0 Å². The Labute approximate surface area is 122 Å². The van der Waals surface area contributed by atoms with E-state index in [0.29, 0.717) is 0 Å².